The van der Waals surface area contributed by atoms with Crippen molar-refractivity contribution in [3.05, 3.63) is 34.9 Å². The summed E-state index contributed by atoms with van der Waals surface area (Å²) in [4.78, 5) is 40.3. The molecule has 9 heteroatoms. The first-order valence-corrected chi connectivity index (χ1v) is 9.88. The quantitative estimate of drug-likeness (QED) is 0.700. The van der Waals surface area contributed by atoms with E-state index in [2.05, 4.69) is 10.6 Å². The molecule has 1 aliphatic rings. The highest BCUT2D eigenvalue weighted by molar-refractivity contribution is 6.30. The van der Waals surface area contributed by atoms with E-state index in [1.807, 2.05) is 42.7 Å². The summed E-state index contributed by atoms with van der Waals surface area (Å²) in [6.07, 6.45) is 0. The molecule has 1 aliphatic heterocycles. The average Bonchev–Trinajstić information content (AvgIpc) is 2.63. The van der Waals surface area contributed by atoms with E-state index in [0.717, 1.165) is 5.56 Å². The van der Waals surface area contributed by atoms with Gasteiger partial charge < -0.3 is 10.1 Å². The van der Waals surface area contributed by atoms with Crippen LogP contribution in [0.2, 0.25) is 5.02 Å². The van der Waals surface area contributed by atoms with E-state index in [-0.39, 0.29) is 18.4 Å². The molecule has 0 bridgehead atoms. The van der Waals surface area contributed by atoms with Gasteiger partial charge in [0.2, 0.25) is 5.91 Å². The van der Waals surface area contributed by atoms with Crippen molar-refractivity contribution in [3.8, 4) is 0 Å². The number of hydrogen-bond acceptors (Lipinski definition) is 6. The molecule has 1 heterocycles. The third-order valence-corrected chi connectivity index (χ3v) is 4.74. The first-order chi connectivity index (χ1) is 13.6. The van der Waals surface area contributed by atoms with Gasteiger partial charge in [-0.1, -0.05) is 23.7 Å². The number of benzene rings is 1. The second-order valence-corrected chi connectivity index (χ2v) is 8.48. The molecule has 2 N–H and O–H groups in total. The van der Waals surface area contributed by atoms with Gasteiger partial charge in [0, 0.05) is 36.7 Å². The van der Waals surface area contributed by atoms with E-state index < -0.39 is 17.6 Å². The Kier molecular flexibility index (Phi) is 8.01. The van der Waals surface area contributed by atoms with Crippen LogP contribution in [0.5, 0.6) is 0 Å². The van der Waals surface area contributed by atoms with Gasteiger partial charge in [0.1, 0.15) is 6.04 Å². The molecule has 2 rings (SSSR count). The second kappa shape index (κ2) is 10.0. The number of esters is 1. The number of carbonyl (C=O) groups is 3. The molecule has 1 unspecified atom stereocenters. The molecule has 3 amide bonds. The summed E-state index contributed by atoms with van der Waals surface area (Å²) in [5, 5.41) is 5.64. The van der Waals surface area contributed by atoms with Gasteiger partial charge in [0.25, 0.3) is 0 Å². The SMILES string of the molecule is COC(=O)C(c1ccc(Cl)cc1)N1CCN(CC(=O)NC(=O)NC(C)(C)C)CC1. The van der Waals surface area contributed by atoms with Crippen LogP contribution in [0.3, 0.4) is 0 Å². The maximum Gasteiger partial charge on any atom is 0.327 e. The van der Waals surface area contributed by atoms with Crippen LogP contribution in [0.25, 0.3) is 0 Å². The van der Waals surface area contributed by atoms with Crippen LogP contribution in [0.15, 0.2) is 24.3 Å². The van der Waals surface area contributed by atoms with Crippen molar-refractivity contribution >= 4 is 29.5 Å². The Labute approximate surface area is 176 Å². The van der Waals surface area contributed by atoms with Crippen LogP contribution in [0, 0.1) is 0 Å². The van der Waals surface area contributed by atoms with Gasteiger partial charge in [0.15, 0.2) is 0 Å². The molecule has 0 radical (unpaired) electrons. The molecule has 1 aromatic carbocycles. The minimum absolute atomic E-state index is 0.120. The molecule has 1 atom stereocenters. The second-order valence-electron chi connectivity index (χ2n) is 8.04. The van der Waals surface area contributed by atoms with Crippen molar-refractivity contribution in [2.24, 2.45) is 0 Å². The number of carbonyl (C=O) groups excluding carboxylic acids is 3. The van der Waals surface area contributed by atoms with Crippen LogP contribution in [0.4, 0.5) is 4.79 Å². The van der Waals surface area contributed by atoms with Crippen molar-refractivity contribution in [3.63, 3.8) is 0 Å². The van der Waals surface area contributed by atoms with Gasteiger partial charge >= 0.3 is 12.0 Å². The summed E-state index contributed by atoms with van der Waals surface area (Å²) in [5.41, 5.74) is 0.395. The predicted octanol–water partition coefficient (Wildman–Crippen LogP) is 1.80. The molecular formula is C20H29ClN4O4. The minimum Gasteiger partial charge on any atom is -0.468 e. The normalized spacial score (nSPS) is 16.7. The zero-order valence-electron chi connectivity index (χ0n) is 17.3. The summed E-state index contributed by atoms with van der Waals surface area (Å²) < 4.78 is 4.99. The van der Waals surface area contributed by atoms with Crippen LogP contribution in [0.1, 0.15) is 32.4 Å². The number of hydrogen-bond donors (Lipinski definition) is 2. The fourth-order valence-electron chi connectivity index (χ4n) is 3.17. The number of halogens is 1. The highest BCUT2D eigenvalue weighted by Gasteiger charge is 2.31. The molecular weight excluding hydrogens is 396 g/mol. The molecule has 160 valence electrons. The monoisotopic (exact) mass is 424 g/mol. The van der Waals surface area contributed by atoms with Gasteiger partial charge in [0.05, 0.1) is 13.7 Å². The lowest BCUT2D eigenvalue weighted by atomic mass is 10.0. The van der Waals surface area contributed by atoms with Crippen molar-refractivity contribution < 1.29 is 19.1 Å². The number of amides is 3. The lowest BCUT2D eigenvalue weighted by Crippen LogP contribution is -2.54. The number of nitrogens with one attached hydrogen (secondary N) is 2. The summed E-state index contributed by atoms with van der Waals surface area (Å²) in [6.45, 7) is 8.01. The Balaban J connectivity index is 1.90. The number of piperazine rings is 1. The van der Waals surface area contributed by atoms with E-state index in [9.17, 15) is 14.4 Å². The van der Waals surface area contributed by atoms with E-state index in [4.69, 9.17) is 16.3 Å². The number of rotatable bonds is 5. The van der Waals surface area contributed by atoms with E-state index >= 15 is 0 Å². The Morgan fingerprint density at radius 2 is 1.69 bits per heavy atom. The molecule has 8 nitrogen and oxygen atoms in total. The number of ether oxygens (including phenoxy) is 1. The van der Waals surface area contributed by atoms with Crippen LogP contribution in [-0.4, -0.2) is 73.1 Å². The van der Waals surface area contributed by atoms with E-state index in [1.54, 1.807) is 12.1 Å². The summed E-state index contributed by atoms with van der Waals surface area (Å²) in [7, 11) is 1.37. The number of methoxy groups -OCH3 is 1. The largest absolute Gasteiger partial charge is 0.468 e. The molecule has 1 saturated heterocycles. The molecule has 0 spiro atoms. The molecule has 0 saturated carbocycles. The fraction of sp³-hybridized carbons (Fsp3) is 0.550. The lowest BCUT2D eigenvalue weighted by molar-refractivity contribution is -0.148. The molecule has 0 aliphatic carbocycles. The van der Waals surface area contributed by atoms with Gasteiger partial charge in [-0.3, -0.25) is 19.9 Å². The molecule has 1 fully saturated rings. The first-order valence-electron chi connectivity index (χ1n) is 9.51. The molecule has 0 aromatic heterocycles. The number of imide groups is 1. The van der Waals surface area contributed by atoms with Gasteiger partial charge in [-0.05, 0) is 38.5 Å². The molecule has 29 heavy (non-hydrogen) atoms. The Morgan fingerprint density at radius 3 is 2.21 bits per heavy atom. The molecule has 1 aromatic rings. The average molecular weight is 425 g/mol. The summed E-state index contributed by atoms with van der Waals surface area (Å²) in [5.74, 6) is -0.695. The lowest BCUT2D eigenvalue weighted by Gasteiger charge is -2.38. The fourth-order valence-corrected chi connectivity index (χ4v) is 3.30. The Bertz CT molecular complexity index is 725. The third-order valence-electron chi connectivity index (χ3n) is 4.49. The topological polar surface area (TPSA) is 91.0 Å². The predicted molar refractivity (Wildman–Crippen MR) is 111 cm³/mol. The Morgan fingerprint density at radius 1 is 1.10 bits per heavy atom. The third kappa shape index (κ3) is 7.30. The van der Waals surface area contributed by atoms with Crippen molar-refractivity contribution in [2.75, 3.05) is 39.8 Å². The number of urea groups is 1. The van der Waals surface area contributed by atoms with E-state index in [1.165, 1.54) is 7.11 Å². The number of nitrogens with zero attached hydrogens (tertiary/aromatic N) is 2. The van der Waals surface area contributed by atoms with Gasteiger partial charge in [-0.2, -0.15) is 0 Å². The highest BCUT2D eigenvalue weighted by atomic mass is 35.5. The van der Waals surface area contributed by atoms with E-state index in [0.29, 0.717) is 31.2 Å². The first kappa shape index (κ1) is 23.1. The van der Waals surface area contributed by atoms with Gasteiger partial charge in [-0.25, -0.2) is 9.59 Å². The minimum atomic E-state index is -0.522. The zero-order chi connectivity index (χ0) is 21.6. The maximum atomic E-state index is 12.4. The smallest absolute Gasteiger partial charge is 0.327 e. The van der Waals surface area contributed by atoms with Crippen molar-refractivity contribution in [2.45, 2.75) is 32.4 Å². The summed E-state index contributed by atoms with van der Waals surface area (Å²) in [6, 6.07) is 6.10. The highest BCUT2D eigenvalue weighted by Crippen LogP contribution is 2.25. The van der Waals surface area contributed by atoms with Crippen molar-refractivity contribution in [1.29, 1.82) is 0 Å². The van der Waals surface area contributed by atoms with Crippen molar-refractivity contribution in [1.82, 2.24) is 20.4 Å². The van der Waals surface area contributed by atoms with Crippen LogP contribution >= 0.6 is 11.6 Å². The van der Waals surface area contributed by atoms with Crippen LogP contribution < -0.4 is 10.6 Å². The standard InChI is InChI=1S/C20H29ClN4O4/c1-20(2,3)23-19(28)22-16(26)13-24-9-11-25(12-10-24)17(18(27)29-4)14-5-7-15(21)8-6-14/h5-8,17H,9-13H2,1-4H3,(H2,22,23,26,28). The zero-order valence-corrected chi connectivity index (χ0v) is 18.1. The summed E-state index contributed by atoms with van der Waals surface area (Å²) >= 11 is 5.95. The maximum absolute atomic E-state index is 12.4. The van der Waals surface area contributed by atoms with Gasteiger partial charge in [-0.15, -0.1) is 0 Å². The Hall–Kier alpha value is -2.16. The van der Waals surface area contributed by atoms with Crippen LogP contribution in [-0.2, 0) is 14.3 Å².